The second-order valence-electron chi connectivity index (χ2n) is 9.45. The zero-order valence-electron chi connectivity index (χ0n) is 19.8. The second kappa shape index (κ2) is 10.4. The Morgan fingerprint density at radius 2 is 1.82 bits per heavy atom. The number of carbonyl (C=O) groups is 4. The van der Waals surface area contributed by atoms with Crippen molar-refractivity contribution >= 4 is 45.8 Å². The third-order valence-corrected chi connectivity index (χ3v) is 7.29. The van der Waals surface area contributed by atoms with Crippen molar-refractivity contribution in [1.29, 1.82) is 0 Å². The minimum atomic E-state index is -1.06. The summed E-state index contributed by atoms with van der Waals surface area (Å²) in [5.74, 6) is -2.09. The van der Waals surface area contributed by atoms with Crippen molar-refractivity contribution in [3.8, 4) is 0 Å². The maximum absolute atomic E-state index is 13.5. The highest BCUT2D eigenvalue weighted by atomic mass is 32.1. The Morgan fingerprint density at radius 3 is 2.47 bits per heavy atom. The van der Waals surface area contributed by atoms with Crippen LogP contribution in [0.5, 0.6) is 0 Å². The van der Waals surface area contributed by atoms with E-state index < -0.39 is 23.8 Å². The largest absolute Gasteiger partial charge is 0.481 e. The first-order chi connectivity index (χ1) is 16.0. The summed E-state index contributed by atoms with van der Waals surface area (Å²) in [6.07, 6.45) is 1.93. The van der Waals surface area contributed by atoms with Gasteiger partial charge in [0.1, 0.15) is 5.00 Å². The van der Waals surface area contributed by atoms with Gasteiger partial charge in [-0.3, -0.25) is 14.4 Å². The fourth-order valence-corrected chi connectivity index (χ4v) is 5.47. The molecule has 0 unspecified atom stereocenters. The van der Waals surface area contributed by atoms with Crippen LogP contribution in [0.4, 0.5) is 10.7 Å². The number of anilines is 2. The van der Waals surface area contributed by atoms with E-state index in [1.807, 2.05) is 0 Å². The van der Waals surface area contributed by atoms with Gasteiger partial charge in [-0.2, -0.15) is 0 Å². The molecule has 2 amide bonds. The van der Waals surface area contributed by atoms with Gasteiger partial charge in [0.15, 0.2) is 0 Å². The number of carboxylic acids is 1. The number of nitrogens with one attached hydrogen (secondary N) is 2. The predicted molar refractivity (Wildman–Crippen MR) is 131 cm³/mol. The molecule has 0 fully saturated rings. The normalized spacial score (nSPS) is 15.2. The summed E-state index contributed by atoms with van der Waals surface area (Å²) in [5, 5.41) is 14.9. The minimum absolute atomic E-state index is 0.106. The van der Waals surface area contributed by atoms with E-state index in [4.69, 9.17) is 9.84 Å². The molecule has 34 heavy (non-hydrogen) atoms. The number of esters is 1. The molecule has 3 N–H and O–H groups in total. The van der Waals surface area contributed by atoms with E-state index in [0.717, 1.165) is 23.3 Å². The van der Waals surface area contributed by atoms with Crippen molar-refractivity contribution in [1.82, 2.24) is 0 Å². The molecule has 0 bridgehead atoms. The summed E-state index contributed by atoms with van der Waals surface area (Å²) in [6.45, 7) is 6.59. The van der Waals surface area contributed by atoms with Crippen LogP contribution < -0.4 is 10.6 Å². The molecule has 0 saturated carbocycles. The number of benzene rings is 1. The Labute approximate surface area is 202 Å². The van der Waals surface area contributed by atoms with Gasteiger partial charge in [0, 0.05) is 11.3 Å². The fraction of sp³-hybridized carbons (Fsp3) is 0.440. The van der Waals surface area contributed by atoms with Crippen LogP contribution in [-0.2, 0) is 27.2 Å². The highest BCUT2D eigenvalue weighted by Crippen LogP contribution is 2.44. The van der Waals surface area contributed by atoms with Gasteiger partial charge >= 0.3 is 11.9 Å². The van der Waals surface area contributed by atoms with Crippen LogP contribution in [-0.4, -0.2) is 36.0 Å². The lowest BCUT2D eigenvalue weighted by Gasteiger charge is -2.33. The van der Waals surface area contributed by atoms with Crippen molar-refractivity contribution < 1.29 is 29.0 Å². The average Bonchev–Trinajstić information content (AvgIpc) is 3.14. The molecule has 1 aliphatic carbocycles. The van der Waals surface area contributed by atoms with E-state index in [1.165, 1.54) is 18.4 Å². The molecule has 1 aromatic carbocycles. The van der Waals surface area contributed by atoms with Crippen LogP contribution in [0.25, 0.3) is 0 Å². The monoisotopic (exact) mass is 486 g/mol. The van der Waals surface area contributed by atoms with Crippen molar-refractivity contribution in [3.05, 3.63) is 45.8 Å². The number of aliphatic carboxylic acids is 1. The number of fused-ring (bicyclic) bond motifs is 1. The highest BCUT2D eigenvalue weighted by molar-refractivity contribution is 7.17. The molecular formula is C25H30N2O6S. The molecule has 1 heterocycles. The van der Waals surface area contributed by atoms with Crippen LogP contribution in [0.1, 0.15) is 71.2 Å². The lowest BCUT2D eigenvalue weighted by Crippen LogP contribution is -2.27. The fourth-order valence-electron chi connectivity index (χ4n) is 4.13. The van der Waals surface area contributed by atoms with Gasteiger partial charge in [-0.15, -0.1) is 11.3 Å². The number of carboxylic acid groups (broad SMARTS) is 1. The van der Waals surface area contributed by atoms with Gasteiger partial charge in [0.05, 0.1) is 30.3 Å². The molecule has 0 aliphatic heterocycles. The number of ether oxygens (including phenoxy) is 1. The molecule has 0 spiro atoms. The maximum atomic E-state index is 13.5. The molecule has 9 heteroatoms. The first-order valence-corrected chi connectivity index (χ1v) is 12.0. The Bertz CT molecular complexity index is 1120. The lowest BCUT2D eigenvalue weighted by atomic mass is 9.72. The lowest BCUT2D eigenvalue weighted by molar-refractivity contribution is -0.138. The number of carbonyl (C=O) groups excluding carboxylic acids is 3. The zero-order chi connectivity index (χ0) is 25.0. The van der Waals surface area contributed by atoms with Gasteiger partial charge in [0.2, 0.25) is 5.91 Å². The van der Waals surface area contributed by atoms with Crippen LogP contribution in [0.15, 0.2) is 24.3 Å². The Morgan fingerprint density at radius 1 is 1.12 bits per heavy atom. The smallest absolute Gasteiger partial charge is 0.339 e. The van der Waals surface area contributed by atoms with Gasteiger partial charge in [0.25, 0.3) is 5.91 Å². The molecule has 1 aromatic heterocycles. The maximum Gasteiger partial charge on any atom is 0.339 e. The van der Waals surface area contributed by atoms with Crippen LogP contribution in [0, 0.1) is 11.3 Å². The highest BCUT2D eigenvalue weighted by Gasteiger charge is 2.34. The summed E-state index contributed by atoms with van der Waals surface area (Å²) < 4.78 is 4.81. The number of amides is 2. The van der Waals surface area contributed by atoms with E-state index in [9.17, 15) is 19.2 Å². The summed E-state index contributed by atoms with van der Waals surface area (Å²) in [4.78, 5) is 49.9. The number of para-hydroxylation sites is 1. The molecule has 1 atom stereocenters. The number of rotatable bonds is 7. The Hall–Kier alpha value is -3.20. The third kappa shape index (κ3) is 5.83. The summed E-state index contributed by atoms with van der Waals surface area (Å²) in [7, 11) is 1.27. The Balaban J connectivity index is 1.96. The number of hydrogen-bond acceptors (Lipinski definition) is 6. The van der Waals surface area contributed by atoms with Crippen molar-refractivity contribution in [3.63, 3.8) is 0 Å². The average molecular weight is 487 g/mol. The molecular weight excluding hydrogens is 456 g/mol. The summed E-state index contributed by atoms with van der Waals surface area (Å²) in [6, 6.07) is 6.56. The van der Waals surface area contributed by atoms with Gasteiger partial charge in [-0.05, 0) is 48.3 Å². The number of methoxy groups -OCH3 is 1. The first-order valence-electron chi connectivity index (χ1n) is 11.2. The molecule has 0 saturated heterocycles. The quantitative estimate of drug-likeness (QED) is 0.486. The number of hydrogen-bond donors (Lipinski definition) is 3. The molecule has 1 aliphatic rings. The minimum Gasteiger partial charge on any atom is -0.481 e. The Kier molecular flexibility index (Phi) is 7.76. The van der Waals surface area contributed by atoms with E-state index in [2.05, 4.69) is 31.4 Å². The first kappa shape index (κ1) is 25.4. The second-order valence-corrected chi connectivity index (χ2v) is 10.6. The molecule has 182 valence electrons. The number of thiophene rings is 1. The molecule has 0 radical (unpaired) electrons. The van der Waals surface area contributed by atoms with Gasteiger partial charge < -0.3 is 20.5 Å². The van der Waals surface area contributed by atoms with E-state index >= 15 is 0 Å². The molecule has 2 aromatic rings. The van der Waals surface area contributed by atoms with Crippen LogP contribution in [0.3, 0.4) is 0 Å². The van der Waals surface area contributed by atoms with E-state index in [1.54, 1.807) is 24.3 Å². The van der Waals surface area contributed by atoms with Gasteiger partial charge in [-0.1, -0.05) is 32.9 Å². The van der Waals surface area contributed by atoms with Crippen molar-refractivity contribution in [2.75, 3.05) is 17.7 Å². The summed E-state index contributed by atoms with van der Waals surface area (Å²) in [5.41, 5.74) is 1.91. The SMILES string of the molecule is COC(=O)c1ccccc1NC(=O)c1c(NC(=O)CCC(=O)O)sc2c1CC[C@@H](C(C)(C)C)C2. The van der Waals surface area contributed by atoms with Crippen LogP contribution in [0.2, 0.25) is 0 Å². The zero-order valence-corrected chi connectivity index (χ0v) is 20.6. The predicted octanol–water partition coefficient (Wildman–Crippen LogP) is 4.74. The van der Waals surface area contributed by atoms with E-state index in [0.29, 0.717) is 28.6 Å². The van der Waals surface area contributed by atoms with Crippen molar-refractivity contribution in [2.45, 2.75) is 52.9 Å². The van der Waals surface area contributed by atoms with Gasteiger partial charge in [-0.25, -0.2) is 4.79 Å². The standard InChI is InChI=1S/C25H30N2O6S/c1-25(2,3)14-9-10-16-18(13-14)34-23(27-19(28)11-12-20(29)30)21(16)22(31)26-17-8-6-5-7-15(17)24(32)33-4/h5-8,14H,9-13H2,1-4H3,(H,26,31)(H,27,28)(H,29,30)/t14-/m1/s1. The summed E-state index contributed by atoms with van der Waals surface area (Å²) >= 11 is 1.37. The third-order valence-electron chi connectivity index (χ3n) is 6.12. The molecule has 8 nitrogen and oxygen atoms in total. The van der Waals surface area contributed by atoms with E-state index in [-0.39, 0.29) is 23.8 Å². The topological polar surface area (TPSA) is 122 Å². The van der Waals surface area contributed by atoms with Crippen molar-refractivity contribution in [2.24, 2.45) is 11.3 Å². The van der Waals surface area contributed by atoms with Crippen LogP contribution >= 0.6 is 11.3 Å². The molecule has 3 rings (SSSR count).